The Morgan fingerprint density at radius 1 is 1.24 bits per heavy atom. The molecule has 3 heterocycles. The number of nitrogens with one attached hydrogen (secondary N) is 3. The van der Waals surface area contributed by atoms with Gasteiger partial charge in [0.05, 0.1) is 12.2 Å². The van der Waals surface area contributed by atoms with Crippen molar-refractivity contribution in [2.75, 3.05) is 6.54 Å². The number of nitrogens with zero attached hydrogens (tertiary/aromatic N) is 3. The molecule has 1 saturated heterocycles. The number of hydrogen-bond donors (Lipinski definition) is 4. The quantitative estimate of drug-likeness (QED) is 0.424. The number of primary amides is 1. The van der Waals surface area contributed by atoms with Crippen LogP contribution in [0.5, 0.6) is 0 Å². The van der Waals surface area contributed by atoms with Crippen LogP contribution in [0.25, 0.3) is 0 Å². The van der Waals surface area contributed by atoms with Gasteiger partial charge in [-0.3, -0.25) is 19.4 Å². The Morgan fingerprint density at radius 2 is 2.03 bits per heavy atom. The first-order valence-corrected chi connectivity index (χ1v) is 11.4. The summed E-state index contributed by atoms with van der Waals surface area (Å²) in [6.07, 6.45) is 4.71. The van der Waals surface area contributed by atoms with E-state index < -0.39 is 41.9 Å². The zero-order valence-electron chi connectivity index (χ0n) is 18.4. The zero-order valence-corrected chi connectivity index (χ0v) is 19.2. The molecule has 11 nitrogen and oxygen atoms in total. The molecule has 5 N–H and O–H groups in total. The van der Waals surface area contributed by atoms with Gasteiger partial charge >= 0.3 is 6.03 Å². The predicted molar refractivity (Wildman–Crippen MR) is 121 cm³/mol. The average molecular weight is 474 g/mol. The van der Waals surface area contributed by atoms with E-state index in [2.05, 4.69) is 25.9 Å². The van der Waals surface area contributed by atoms with Gasteiger partial charge in [0.2, 0.25) is 11.8 Å². The number of rotatable bonds is 8. The van der Waals surface area contributed by atoms with Crippen LogP contribution in [-0.2, 0) is 16.0 Å². The molecule has 33 heavy (non-hydrogen) atoms. The highest BCUT2D eigenvalue weighted by atomic mass is 32.1. The molecule has 0 aliphatic carbocycles. The molecule has 176 valence electrons. The lowest BCUT2D eigenvalue weighted by Gasteiger charge is -2.29. The molecule has 0 radical (unpaired) electrons. The van der Waals surface area contributed by atoms with Crippen molar-refractivity contribution >= 4 is 35.1 Å². The standard InChI is InChI=1S/C21H27N7O4S/c1-12(2)25-21(32)27-14-5-8-28(20(31)16-11-23-6-7-24-16)17(14)19(30)26-15(18(22)29)10-13-4-3-9-33-13/h3-4,6-7,9,11-12,14-15,17H,5,8,10H2,1-2H3,(H2,22,29)(H,26,30)(H2,25,27,32)/t14-,15-,17-/m0/s1. The lowest BCUT2D eigenvalue weighted by Crippen LogP contribution is -2.59. The number of aromatic nitrogens is 2. The first kappa shape index (κ1) is 24.1. The Labute approximate surface area is 195 Å². The van der Waals surface area contributed by atoms with Crippen LogP contribution < -0.4 is 21.7 Å². The molecular weight excluding hydrogens is 446 g/mol. The summed E-state index contributed by atoms with van der Waals surface area (Å²) in [5.74, 6) is -1.77. The van der Waals surface area contributed by atoms with Gasteiger partial charge in [-0.15, -0.1) is 11.3 Å². The lowest BCUT2D eigenvalue weighted by atomic mass is 10.1. The van der Waals surface area contributed by atoms with Crippen molar-refractivity contribution in [1.82, 2.24) is 30.8 Å². The first-order valence-electron chi connectivity index (χ1n) is 10.5. The van der Waals surface area contributed by atoms with Crippen LogP contribution in [0, 0.1) is 0 Å². The highest BCUT2D eigenvalue weighted by Gasteiger charge is 2.44. The highest BCUT2D eigenvalue weighted by Crippen LogP contribution is 2.21. The summed E-state index contributed by atoms with van der Waals surface area (Å²) < 4.78 is 0. The molecule has 0 saturated carbocycles. The number of thiophene rings is 1. The Bertz CT molecular complexity index is 984. The van der Waals surface area contributed by atoms with Crippen LogP contribution in [-0.4, -0.2) is 69.3 Å². The molecule has 5 amide bonds. The normalized spacial score (nSPS) is 18.6. The van der Waals surface area contributed by atoms with Gasteiger partial charge in [-0.2, -0.15) is 0 Å². The van der Waals surface area contributed by atoms with Gasteiger partial charge in [0, 0.05) is 36.3 Å². The van der Waals surface area contributed by atoms with Gasteiger partial charge in [0.25, 0.3) is 5.91 Å². The van der Waals surface area contributed by atoms with Gasteiger partial charge in [0.15, 0.2) is 0 Å². The fourth-order valence-electron chi connectivity index (χ4n) is 3.63. The fourth-order valence-corrected chi connectivity index (χ4v) is 4.39. The number of carbonyl (C=O) groups excluding carboxylic acids is 4. The third-order valence-corrected chi connectivity index (χ3v) is 5.99. The Balaban J connectivity index is 1.82. The van der Waals surface area contributed by atoms with E-state index in [0.717, 1.165) is 4.88 Å². The Kier molecular flexibility index (Phi) is 7.93. The van der Waals surface area contributed by atoms with Gasteiger partial charge in [0.1, 0.15) is 17.8 Å². The lowest BCUT2D eigenvalue weighted by molar-refractivity contribution is -0.130. The third-order valence-electron chi connectivity index (χ3n) is 5.09. The third kappa shape index (κ3) is 6.25. The van der Waals surface area contributed by atoms with Crippen molar-refractivity contribution < 1.29 is 19.2 Å². The van der Waals surface area contributed by atoms with Crippen LogP contribution in [0.3, 0.4) is 0 Å². The maximum absolute atomic E-state index is 13.3. The number of amides is 5. The summed E-state index contributed by atoms with van der Waals surface area (Å²) in [5, 5.41) is 10.0. The number of hydrogen-bond acceptors (Lipinski definition) is 7. The van der Waals surface area contributed by atoms with Crippen LogP contribution in [0.1, 0.15) is 35.6 Å². The number of urea groups is 1. The summed E-state index contributed by atoms with van der Waals surface area (Å²) in [5.41, 5.74) is 5.60. The smallest absolute Gasteiger partial charge is 0.315 e. The van der Waals surface area contributed by atoms with Crippen LogP contribution in [0.2, 0.25) is 0 Å². The van der Waals surface area contributed by atoms with Gasteiger partial charge in [-0.05, 0) is 31.7 Å². The topological polar surface area (TPSA) is 159 Å². The number of likely N-dealkylation sites (tertiary alicyclic amines) is 1. The van der Waals surface area contributed by atoms with Gasteiger partial charge in [-0.25, -0.2) is 9.78 Å². The van der Waals surface area contributed by atoms with E-state index in [0.29, 0.717) is 6.42 Å². The summed E-state index contributed by atoms with van der Waals surface area (Å²) in [7, 11) is 0. The van der Waals surface area contributed by atoms with Crippen LogP contribution in [0.4, 0.5) is 4.79 Å². The van der Waals surface area contributed by atoms with E-state index in [-0.39, 0.29) is 24.7 Å². The van der Waals surface area contributed by atoms with E-state index in [1.807, 2.05) is 31.4 Å². The summed E-state index contributed by atoms with van der Waals surface area (Å²) >= 11 is 1.44. The minimum atomic E-state index is -1.05. The molecule has 3 atom stereocenters. The van der Waals surface area contributed by atoms with Gasteiger partial charge < -0.3 is 26.6 Å². The van der Waals surface area contributed by atoms with Crippen LogP contribution >= 0.6 is 11.3 Å². The molecule has 2 aromatic heterocycles. The zero-order chi connectivity index (χ0) is 24.0. The van der Waals surface area contributed by atoms with E-state index in [4.69, 9.17) is 5.73 Å². The molecule has 1 aliphatic heterocycles. The molecule has 3 rings (SSSR count). The Hall–Kier alpha value is -3.54. The SMILES string of the molecule is CC(C)NC(=O)N[C@H]1CCN(C(=O)c2cnccn2)[C@@H]1C(=O)N[C@@H](Cc1cccs1)C(N)=O. The summed E-state index contributed by atoms with van der Waals surface area (Å²) in [6, 6.07) is 0.434. The average Bonchev–Trinajstić information content (AvgIpc) is 3.42. The molecule has 12 heteroatoms. The first-order chi connectivity index (χ1) is 15.8. The molecule has 0 bridgehead atoms. The van der Waals surface area contributed by atoms with Crippen molar-refractivity contribution in [2.45, 2.75) is 50.9 Å². The van der Waals surface area contributed by atoms with Crippen molar-refractivity contribution in [2.24, 2.45) is 5.73 Å². The van der Waals surface area contributed by atoms with E-state index in [1.165, 1.54) is 34.8 Å². The monoisotopic (exact) mass is 473 g/mol. The molecule has 2 aromatic rings. The summed E-state index contributed by atoms with van der Waals surface area (Å²) in [4.78, 5) is 60.9. The fraction of sp³-hybridized carbons (Fsp3) is 0.429. The highest BCUT2D eigenvalue weighted by molar-refractivity contribution is 7.09. The van der Waals surface area contributed by atoms with Crippen molar-refractivity contribution in [3.05, 3.63) is 46.7 Å². The van der Waals surface area contributed by atoms with Crippen molar-refractivity contribution in [3.8, 4) is 0 Å². The number of carbonyl (C=O) groups is 4. The van der Waals surface area contributed by atoms with Crippen molar-refractivity contribution in [1.29, 1.82) is 0 Å². The molecule has 0 aromatic carbocycles. The molecular formula is C21H27N7O4S. The number of nitrogens with two attached hydrogens (primary N) is 1. The molecule has 0 spiro atoms. The predicted octanol–water partition coefficient (Wildman–Crippen LogP) is 0.0416. The molecule has 0 unspecified atom stereocenters. The van der Waals surface area contributed by atoms with Crippen LogP contribution in [0.15, 0.2) is 36.1 Å². The summed E-state index contributed by atoms with van der Waals surface area (Å²) in [6.45, 7) is 3.83. The molecule has 1 aliphatic rings. The maximum atomic E-state index is 13.3. The Morgan fingerprint density at radius 3 is 2.64 bits per heavy atom. The largest absolute Gasteiger partial charge is 0.368 e. The maximum Gasteiger partial charge on any atom is 0.315 e. The van der Waals surface area contributed by atoms with Gasteiger partial charge in [-0.1, -0.05) is 6.07 Å². The minimum absolute atomic E-state index is 0.0765. The van der Waals surface area contributed by atoms with E-state index in [9.17, 15) is 19.2 Å². The second-order valence-electron chi connectivity index (χ2n) is 7.95. The minimum Gasteiger partial charge on any atom is -0.368 e. The second-order valence-corrected chi connectivity index (χ2v) is 8.98. The molecule has 1 fully saturated rings. The van der Waals surface area contributed by atoms with Crippen molar-refractivity contribution in [3.63, 3.8) is 0 Å². The second kappa shape index (κ2) is 10.9. The van der Waals surface area contributed by atoms with E-state index >= 15 is 0 Å². The van der Waals surface area contributed by atoms with E-state index in [1.54, 1.807) is 0 Å².